The molecule has 0 aliphatic heterocycles. The highest BCUT2D eigenvalue weighted by atomic mass is 35.5. The third kappa shape index (κ3) is 6.06. The van der Waals surface area contributed by atoms with Gasteiger partial charge < -0.3 is 19.5 Å². The molecule has 0 unspecified atom stereocenters. The topological polar surface area (TPSA) is 56.8 Å². The van der Waals surface area contributed by atoms with Crippen LogP contribution in [0.5, 0.6) is 17.2 Å². The Morgan fingerprint density at radius 1 is 1.04 bits per heavy atom. The van der Waals surface area contributed by atoms with E-state index >= 15 is 0 Å². The fraction of sp³-hybridized carbons (Fsp3) is 0.409. The summed E-state index contributed by atoms with van der Waals surface area (Å²) in [5.74, 6) is 2.00. The van der Waals surface area contributed by atoms with E-state index in [-0.39, 0.29) is 11.3 Å². The predicted octanol–water partition coefficient (Wildman–Crippen LogP) is 4.61. The van der Waals surface area contributed by atoms with Crippen LogP contribution in [0.15, 0.2) is 42.5 Å². The summed E-state index contributed by atoms with van der Waals surface area (Å²) in [5, 5.41) is 3.58. The van der Waals surface area contributed by atoms with E-state index in [1.807, 2.05) is 36.4 Å². The first-order valence-electron chi connectivity index (χ1n) is 9.24. The SMILES string of the molecule is COc1ccc(C(C)(C)CNC(=O)CCCOc2ccccc2Cl)cc1OC. The van der Waals surface area contributed by atoms with Crippen molar-refractivity contribution in [3.63, 3.8) is 0 Å². The second kappa shape index (κ2) is 10.2. The number of carbonyl (C=O) groups is 1. The average molecular weight is 406 g/mol. The van der Waals surface area contributed by atoms with Gasteiger partial charge in [-0.05, 0) is 36.2 Å². The molecule has 152 valence electrons. The minimum atomic E-state index is -0.247. The molecule has 0 heterocycles. The van der Waals surface area contributed by atoms with E-state index in [2.05, 4.69) is 19.2 Å². The van der Waals surface area contributed by atoms with Gasteiger partial charge in [0.15, 0.2) is 11.5 Å². The molecule has 28 heavy (non-hydrogen) atoms. The quantitative estimate of drug-likeness (QED) is 0.586. The third-order valence-electron chi connectivity index (χ3n) is 4.53. The van der Waals surface area contributed by atoms with Crippen LogP contribution in [0.1, 0.15) is 32.3 Å². The molecule has 0 saturated heterocycles. The van der Waals surface area contributed by atoms with Crippen LogP contribution in [0, 0.1) is 0 Å². The molecule has 0 saturated carbocycles. The van der Waals surface area contributed by atoms with Crippen LogP contribution in [0.2, 0.25) is 5.02 Å². The van der Waals surface area contributed by atoms with E-state index in [4.69, 9.17) is 25.8 Å². The Labute approximate surface area is 171 Å². The highest BCUT2D eigenvalue weighted by Gasteiger charge is 2.23. The third-order valence-corrected chi connectivity index (χ3v) is 4.85. The van der Waals surface area contributed by atoms with Crippen LogP contribution in [-0.4, -0.2) is 33.3 Å². The maximum absolute atomic E-state index is 12.2. The Balaban J connectivity index is 1.80. The van der Waals surface area contributed by atoms with Crippen molar-refractivity contribution in [2.24, 2.45) is 0 Å². The van der Waals surface area contributed by atoms with Crippen molar-refractivity contribution in [2.45, 2.75) is 32.1 Å². The van der Waals surface area contributed by atoms with Crippen LogP contribution in [0.25, 0.3) is 0 Å². The molecule has 0 atom stereocenters. The van der Waals surface area contributed by atoms with Gasteiger partial charge in [0.1, 0.15) is 5.75 Å². The van der Waals surface area contributed by atoms with E-state index < -0.39 is 0 Å². The van der Waals surface area contributed by atoms with Crippen molar-refractivity contribution >= 4 is 17.5 Å². The maximum atomic E-state index is 12.2. The van der Waals surface area contributed by atoms with Gasteiger partial charge in [0, 0.05) is 18.4 Å². The van der Waals surface area contributed by atoms with Crippen molar-refractivity contribution in [3.8, 4) is 17.2 Å². The lowest BCUT2D eigenvalue weighted by Gasteiger charge is -2.26. The summed E-state index contributed by atoms with van der Waals surface area (Å²) in [6.07, 6.45) is 1.01. The first-order valence-corrected chi connectivity index (χ1v) is 9.61. The summed E-state index contributed by atoms with van der Waals surface area (Å²) in [6, 6.07) is 13.1. The largest absolute Gasteiger partial charge is 0.493 e. The molecule has 1 N–H and O–H groups in total. The Morgan fingerprint density at radius 3 is 2.43 bits per heavy atom. The van der Waals surface area contributed by atoms with Gasteiger partial charge in [0.2, 0.25) is 5.91 Å². The fourth-order valence-corrected chi connectivity index (χ4v) is 2.93. The predicted molar refractivity (Wildman–Crippen MR) is 112 cm³/mol. The van der Waals surface area contributed by atoms with Gasteiger partial charge in [-0.2, -0.15) is 0 Å². The molecule has 0 bridgehead atoms. The number of rotatable bonds is 10. The highest BCUT2D eigenvalue weighted by Crippen LogP contribution is 2.32. The molecule has 5 nitrogen and oxygen atoms in total. The Hall–Kier alpha value is -2.40. The number of hydrogen-bond donors (Lipinski definition) is 1. The summed E-state index contributed by atoms with van der Waals surface area (Å²) in [7, 11) is 3.22. The molecule has 6 heteroatoms. The number of nitrogens with one attached hydrogen (secondary N) is 1. The molecule has 0 fully saturated rings. The van der Waals surface area contributed by atoms with Crippen LogP contribution in [0.4, 0.5) is 0 Å². The number of benzene rings is 2. The minimum absolute atomic E-state index is 0.00342. The number of ether oxygens (including phenoxy) is 3. The first kappa shape index (κ1) is 21.9. The van der Waals surface area contributed by atoms with E-state index in [1.54, 1.807) is 20.3 Å². The number of hydrogen-bond acceptors (Lipinski definition) is 4. The molecule has 0 aliphatic rings. The first-order chi connectivity index (χ1) is 13.4. The summed E-state index contributed by atoms with van der Waals surface area (Å²) in [4.78, 5) is 12.2. The molecule has 2 aromatic carbocycles. The Bertz CT molecular complexity index is 792. The number of amides is 1. The monoisotopic (exact) mass is 405 g/mol. The van der Waals surface area contributed by atoms with Gasteiger partial charge in [-0.3, -0.25) is 4.79 Å². The summed E-state index contributed by atoms with van der Waals surface area (Å²) in [5.41, 5.74) is 0.816. The molecule has 0 spiro atoms. The van der Waals surface area contributed by atoms with Crippen molar-refractivity contribution in [2.75, 3.05) is 27.4 Å². The molecule has 0 aromatic heterocycles. The fourth-order valence-electron chi connectivity index (χ4n) is 2.74. The van der Waals surface area contributed by atoms with Crippen molar-refractivity contribution < 1.29 is 19.0 Å². The lowest BCUT2D eigenvalue weighted by atomic mass is 9.84. The summed E-state index contributed by atoms with van der Waals surface area (Å²) < 4.78 is 16.3. The lowest BCUT2D eigenvalue weighted by molar-refractivity contribution is -0.121. The van der Waals surface area contributed by atoms with Crippen LogP contribution >= 0.6 is 11.6 Å². The van der Waals surface area contributed by atoms with E-state index in [9.17, 15) is 4.79 Å². The van der Waals surface area contributed by atoms with Gasteiger partial charge in [0.25, 0.3) is 0 Å². The van der Waals surface area contributed by atoms with Gasteiger partial charge >= 0.3 is 0 Å². The molecular formula is C22H28ClNO4. The second-order valence-corrected chi connectivity index (χ2v) is 7.52. The maximum Gasteiger partial charge on any atom is 0.220 e. The molecule has 0 aliphatic carbocycles. The summed E-state index contributed by atoms with van der Waals surface area (Å²) in [6.45, 7) is 5.12. The second-order valence-electron chi connectivity index (χ2n) is 7.11. The number of halogens is 1. The summed E-state index contributed by atoms with van der Waals surface area (Å²) >= 11 is 6.04. The van der Waals surface area contributed by atoms with Gasteiger partial charge in [-0.1, -0.05) is 43.6 Å². The molecule has 0 radical (unpaired) electrons. The zero-order valence-electron chi connectivity index (χ0n) is 16.9. The zero-order valence-corrected chi connectivity index (χ0v) is 17.6. The van der Waals surface area contributed by atoms with Crippen molar-refractivity contribution in [3.05, 3.63) is 53.1 Å². The highest BCUT2D eigenvalue weighted by molar-refractivity contribution is 6.32. The van der Waals surface area contributed by atoms with E-state index in [0.29, 0.717) is 48.3 Å². The average Bonchev–Trinajstić information content (AvgIpc) is 2.70. The van der Waals surface area contributed by atoms with E-state index in [1.165, 1.54) is 0 Å². The van der Waals surface area contributed by atoms with Crippen LogP contribution < -0.4 is 19.5 Å². The Morgan fingerprint density at radius 2 is 1.75 bits per heavy atom. The number of methoxy groups -OCH3 is 2. The van der Waals surface area contributed by atoms with Crippen molar-refractivity contribution in [1.29, 1.82) is 0 Å². The van der Waals surface area contributed by atoms with Gasteiger partial charge in [-0.15, -0.1) is 0 Å². The van der Waals surface area contributed by atoms with E-state index in [0.717, 1.165) is 5.56 Å². The van der Waals surface area contributed by atoms with Gasteiger partial charge in [-0.25, -0.2) is 0 Å². The number of carbonyl (C=O) groups excluding carboxylic acids is 1. The normalized spacial score (nSPS) is 11.0. The molecule has 1 amide bonds. The standard InChI is InChI=1S/C22H28ClNO4/c1-22(2,16-11-12-19(26-3)20(14-16)27-4)15-24-21(25)10-7-13-28-18-9-6-5-8-17(18)23/h5-6,8-9,11-12,14H,7,10,13,15H2,1-4H3,(H,24,25). The number of para-hydroxylation sites is 1. The lowest BCUT2D eigenvalue weighted by Crippen LogP contribution is -2.36. The minimum Gasteiger partial charge on any atom is -0.493 e. The van der Waals surface area contributed by atoms with Crippen LogP contribution in [0.3, 0.4) is 0 Å². The van der Waals surface area contributed by atoms with Crippen molar-refractivity contribution in [1.82, 2.24) is 5.32 Å². The molecular weight excluding hydrogens is 378 g/mol. The zero-order chi connectivity index (χ0) is 20.6. The molecule has 2 rings (SSSR count). The smallest absolute Gasteiger partial charge is 0.220 e. The molecule has 2 aromatic rings. The van der Waals surface area contributed by atoms with Crippen LogP contribution in [-0.2, 0) is 10.2 Å². The van der Waals surface area contributed by atoms with Gasteiger partial charge in [0.05, 0.1) is 25.8 Å². The Kier molecular flexibility index (Phi) is 8.00.